The molecule has 142 valence electrons. The first-order chi connectivity index (χ1) is 12.7. The lowest BCUT2D eigenvalue weighted by Crippen LogP contribution is -2.59. The van der Waals surface area contributed by atoms with Crippen molar-refractivity contribution in [2.75, 3.05) is 11.9 Å². The fourth-order valence-electron chi connectivity index (χ4n) is 4.43. The highest BCUT2D eigenvalue weighted by Crippen LogP contribution is 2.60. The highest BCUT2D eigenvalue weighted by atomic mass is 32.1. The number of carbonyl (C=O) groups excluding carboxylic acids is 3. The molecule has 2 aliphatic rings. The van der Waals surface area contributed by atoms with Gasteiger partial charge in [0.25, 0.3) is 0 Å². The number of likely N-dealkylation sites (tertiary alicyclic amines) is 1. The molecule has 1 N–H and O–H groups in total. The zero-order chi connectivity index (χ0) is 19.4. The number of thiazole rings is 1. The van der Waals surface area contributed by atoms with E-state index >= 15 is 0 Å². The molecule has 27 heavy (non-hydrogen) atoms. The molecule has 1 saturated carbocycles. The number of aromatic nitrogens is 1. The molecule has 7 heteroatoms. The summed E-state index contributed by atoms with van der Waals surface area (Å²) < 4.78 is 1.00. The number of nitrogens with one attached hydrogen (secondary N) is 1. The Balaban J connectivity index is 1.43. The van der Waals surface area contributed by atoms with Crippen molar-refractivity contribution in [3.05, 3.63) is 24.3 Å². The number of benzene rings is 1. The van der Waals surface area contributed by atoms with Gasteiger partial charge in [-0.25, -0.2) is 4.98 Å². The van der Waals surface area contributed by atoms with E-state index < -0.39 is 5.41 Å². The minimum atomic E-state index is -0.533. The molecule has 1 aromatic carbocycles. The first-order valence-corrected chi connectivity index (χ1v) is 10.1. The Kier molecular flexibility index (Phi) is 4.10. The summed E-state index contributed by atoms with van der Waals surface area (Å²) in [6, 6.07) is 7.67. The number of hydrogen-bond donors (Lipinski definition) is 1. The van der Waals surface area contributed by atoms with Gasteiger partial charge < -0.3 is 5.32 Å². The van der Waals surface area contributed by atoms with Crippen molar-refractivity contribution in [3.63, 3.8) is 0 Å². The van der Waals surface area contributed by atoms with Crippen molar-refractivity contribution < 1.29 is 14.4 Å². The van der Waals surface area contributed by atoms with Crippen LogP contribution in [0.15, 0.2) is 24.3 Å². The lowest BCUT2D eigenvalue weighted by Gasteiger charge is -2.47. The minimum absolute atomic E-state index is 0.0800. The van der Waals surface area contributed by atoms with Gasteiger partial charge in [-0.2, -0.15) is 0 Å². The van der Waals surface area contributed by atoms with Gasteiger partial charge in [-0.05, 0) is 30.4 Å². The van der Waals surface area contributed by atoms with Gasteiger partial charge in [-0.15, -0.1) is 0 Å². The number of nitrogens with zero attached hydrogens (tertiary/aromatic N) is 2. The molecule has 0 radical (unpaired) electrons. The van der Waals surface area contributed by atoms with Crippen molar-refractivity contribution in [2.24, 2.45) is 16.7 Å². The maximum atomic E-state index is 13.0. The SMILES string of the molecule is CC12CCC(C(=O)N(CCC(=O)Nc3nc4ccccc4s3)C1=O)C2(C)C. The molecule has 3 amide bonds. The van der Waals surface area contributed by atoms with E-state index in [0.29, 0.717) is 5.13 Å². The summed E-state index contributed by atoms with van der Waals surface area (Å²) in [7, 11) is 0. The fraction of sp³-hybridized carbons (Fsp3) is 0.500. The third kappa shape index (κ3) is 2.67. The van der Waals surface area contributed by atoms with E-state index in [4.69, 9.17) is 0 Å². The molecule has 6 nitrogen and oxygen atoms in total. The van der Waals surface area contributed by atoms with Crippen molar-refractivity contribution >= 4 is 44.4 Å². The van der Waals surface area contributed by atoms with Gasteiger partial charge in [0.1, 0.15) is 0 Å². The lowest BCUT2D eigenvalue weighted by atomic mass is 9.62. The maximum absolute atomic E-state index is 13.0. The summed E-state index contributed by atoms with van der Waals surface area (Å²) >= 11 is 1.41. The van der Waals surface area contributed by atoms with Crippen LogP contribution in [0, 0.1) is 16.7 Å². The van der Waals surface area contributed by atoms with Crippen LogP contribution in [0.25, 0.3) is 10.2 Å². The summed E-state index contributed by atoms with van der Waals surface area (Å²) in [5.74, 6) is -0.656. The minimum Gasteiger partial charge on any atom is -0.302 e. The average Bonchev–Trinajstić information content (AvgIpc) is 3.09. The molecular weight excluding hydrogens is 362 g/mol. The van der Waals surface area contributed by atoms with Crippen molar-refractivity contribution in [1.82, 2.24) is 9.88 Å². The second kappa shape index (κ2) is 6.12. The maximum Gasteiger partial charge on any atom is 0.235 e. The molecule has 0 spiro atoms. The van der Waals surface area contributed by atoms with Gasteiger partial charge in [-0.1, -0.05) is 44.2 Å². The van der Waals surface area contributed by atoms with Gasteiger partial charge >= 0.3 is 0 Å². The van der Waals surface area contributed by atoms with Gasteiger partial charge in [0.15, 0.2) is 5.13 Å². The van der Waals surface area contributed by atoms with Crippen LogP contribution in [0.3, 0.4) is 0 Å². The molecular formula is C20H23N3O3S. The summed E-state index contributed by atoms with van der Waals surface area (Å²) in [6.07, 6.45) is 1.54. The Hall–Kier alpha value is -2.28. The predicted molar refractivity (Wildman–Crippen MR) is 104 cm³/mol. The number of rotatable bonds is 4. The summed E-state index contributed by atoms with van der Waals surface area (Å²) in [4.78, 5) is 43.8. The van der Waals surface area contributed by atoms with Gasteiger partial charge in [0.05, 0.1) is 15.6 Å². The van der Waals surface area contributed by atoms with Crippen molar-refractivity contribution in [3.8, 4) is 0 Å². The molecule has 2 aromatic rings. The zero-order valence-corrected chi connectivity index (χ0v) is 16.6. The Bertz CT molecular complexity index is 918. The molecule has 2 atom stereocenters. The number of amides is 3. The number of carbonyl (C=O) groups is 3. The summed E-state index contributed by atoms with van der Waals surface area (Å²) in [5, 5.41) is 3.32. The van der Waals surface area contributed by atoms with Crippen LogP contribution in [-0.2, 0) is 14.4 Å². The third-order valence-electron chi connectivity index (χ3n) is 6.61. The normalized spacial score (nSPS) is 26.6. The van der Waals surface area contributed by atoms with E-state index in [9.17, 15) is 14.4 Å². The number of imide groups is 1. The van der Waals surface area contributed by atoms with E-state index in [2.05, 4.69) is 10.3 Å². The van der Waals surface area contributed by atoms with Crippen LogP contribution in [0.4, 0.5) is 5.13 Å². The number of piperidine rings is 1. The van der Waals surface area contributed by atoms with Crippen LogP contribution in [0.2, 0.25) is 0 Å². The van der Waals surface area contributed by atoms with Crippen LogP contribution in [0.5, 0.6) is 0 Å². The van der Waals surface area contributed by atoms with E-state index in [1.54, 1.807) is 0 Å². The smallest absolute Gasteiger partial charge is 0.235 e. The number of anilines is 1. The predicted octanol–water partition coefficient (Wildman–Crippen LogP) is 3.44. The monoisotopic (exact) mass is 385 g/mol. The topological polar surface area (TPSA) is 79.4 Å². The summed E-state index contributed by atoms with van der Waals surface area (Å²) in [5.41, 5.74) is -0.0263. The molecule has 2 fully saturated rings. The molecule has 2 heterocycles. The molecule has 1 aliphatic heterocycles. The number of para-hydroxylation sites is 1. The second-order valence-electron chi connectivity index (χ2n) is 8.23. The van der Waals surface area contributed by atoms with E-state index in [0.717, 1.165) is 23.1 Å². The average molecular weight is 385 g/mol. The van der Waals surface area contributed by atoms with Crippen molar-refractivity contribution in [2.45, 2.75) is 40.0 Å². The highest BCUT2D eigenvalue weighted by molar-refractivity contribution is 7.22. The van der Waals surface area contributed by atoms with E-state index in [-0.39, 0.29) is 42.0 Å². The Labute approximate surface area is 161 Å². The number of fused-ring (bicyclic) bond motifs is 3. The summed E-state index contributed by atoms with van der Waals surface area (Å²) in [6.45, 7) is 6.10. The quantitative estimate of drug-likeness (QED) is 0.818. The van der Waals surface area contributed by atoms with Gasteiger partial charge in [0.2, 0.25) is 17.7 Å². The first-order valence-electron chi connectivity index (χ1n) is 9.25. The molecule has 4 rings (SSSR count). The Morgan fingerprint density at radius 3 is 2.78 bits per heavy atom. The third-order valence-corrected chi connectivity index (χ3v) is 7.56. The van der Waals surface area contributed by atoms with Crippen molar-refractivity contribution in [1.29, 1.82) is 0 Å². The highest BCUT2D eigenvalue weighted by Gasteiger charge is 2.64. The van der Waals surface area contributed by atoms with Crippen LogP contribution < -0.4 is 5.32 Å². The number of hydrogen-bond acceptors (Lipinski definition) is 5. The second-order valence-corrected chi connectivity index (χ2v) is 9.26. The standard InChI is InChI=1S/C20H23N3O3S/c1-19(2)12-8-10-20(19,3)17(26)23(16(12)25)11-9-15(24)22-18-21-13-6-4-5-7-14(13)27-18/h4-7,12H,8-11H2,1-3H3,(H,21,22,24). The van der Waals surface area contributed by atoms with Gasteiger partial charge in [-0.3, -0.25) is 19.3 Å². The van der Waals surface area contributed by atoms with Gasteiger partial charge in [0, 0.05) is 18.9 Å². The lowest BCUT2D eigenvalue weighted by molar-refractivity contribution is -0.167. The first kappa shape index (κ1) is 18.1. The molecule has 2 bridgehead atoms. The fourth-order valence-corrected chi connectivity index (χ4v) is 5.32. The van der Waals surface area contributed by atoms with E-state index in [1.807, 2.05) is 45.0 Å². The van der Waals surface area contributed by atoms with Crippen LogP contribution in [0.1, 0.15) is 40.0 Å². The Morgan fingerprint density at radius 1 is 1.30 bits per heavy atom. The van der Waals surface area contributed by atoms with Crippen LogP contribution in [-0.4, -0.2) is 34.2 Å². The molecule has 1 saturated heterocycles. The zero-order valence-electron chi connectivity index (χ0n) is 15.7. The molecule has 1 aliphatic carbocycles. The van der Waals surface area contributed by atoms with Crippen LogP contribution >= 0.6 is 11.3 Å². The Morgan fingerprint density at radius 2 is 2.04 bits per heavy atom. The van der Waals surface area contributed by atoms with E-state index in [1.165, 1.54) is 16.2 Å². The largest absolute Gasteiger partial charge is 0.302 e. The molecule has 2 unspecified atom stereocenters. The molecule has 1 aromatic heterocycles.